The molecule has 1 fully saturated rings. The van der Waals surface area contributed by atoms with Crippen LogP contribution in [-0.2, 0) is 16.3 Å². The zero-order chi connectivity index (χ0) is 17.9. The van der Waals surface area contributed by atoms with E-state index in [9.17, 15) is 8.42 Å². The molecule has 0 bridgehead atoms. The number of likely N-dealkylation sites (tertiary alicyclic amines) is 1. The number of rotatable bonds is 6. The Labute approximate surface area is 151 Å². The second-order valence-corrected chi connectivity index (χ2v) is 9.18. The number of sulfone groups is 1. The summed E-state index contributed by atoms with van der Waals surface area (Å²) in [5.74, 6) is 0.136. The number of hydrogen-bond acceptors (Lipinski definition) is 3. The topological polar surface area (TPSA) is 37.4 Å². The van der Waals surface area contributed by atoms with Crippen molar-refractivity contribution in [3.05, 3.63) is 54.1 Å². The van der Waals surface area contributed by atoms with E-state index in [-0.39, 0.29) is 5.75 Å². The molecule has 0 N–H and O–H groups in total. The molecule has 0 aliphatic carbocycles. The average molecular weight is 358 g/mol. The standard InChI is InChI=1S/C21H27NO2S/c1-3-25(23,24)21-12-10-20(11-13-21)19-8-6-18(7-9-19)14-16-22-15-4-5-17(22)2/h6-13,17H,3-5,14-16H2,1-2H3/t17-/m1/s1. The predicted octanol–water partition coefficient (Wildman–Crippen LogP) is 4.17. The molecule has 0 radical (unpaired) electrons. The lowest BCUT2D eigenvalue weighted by atomic mass is 10.0. The van der Waals surface area contributed by atoms with E-state index in [2.05, 4.69) is 36.1 Å². The zero-order valence-corrected chi connectivity index (χ0v) is 15.9. The van der Waals surface area contributed by atoms with Crippen LogP contribution in [0, 0.1) is 0 Å². The van der Waals surface area contributed by atoms with Crippen LogP contribution in [0.25, 0.3) is 11.1 Å². The quantitative estimate of drug-likeness (QED) is 0.778. The molecule has 1 saturated heterocycles. The molecule has 1 aliphatic heterocycles. The van der Waals surface area contributed by atoms with Crippen LogP contribution in [0.2, 0.25) is 0 Å². The molecule has 2 aromatic rings. The lowest BCUT2D eigenvalue weighted by molar-refractivity contribution is 0.272. The van der Waals surface area contributed by atoms with E-state index in [0.717, 1.165) is 30.1 Å². The fourth-order valence-corrected chi connectivity index (χ4v) is 4.37. The number of hydrogen-bond donors (Lipinski definition) is 0. The average Bonchev–Trinajstić information content (AvgIpc) is 3.05. The van der Waals surface area contributed by atoms with Crippen molar-refractivity contribution >= 4 is 9.84 Å². The molecule has 0 saturated carbocycles. The van der Waals surface area contributed by atoms with Gasteiger partial charge in [0.05, 0.1) is 10.6 Å². The minimum atomic E-state index is -3.13. The van der Waals surface area contributed by atoms with Crippen LogP contribution in [0.3, 0.4) is 0 Å². The second kappa shape index (κ2) is 7.71. The Morgan fingerprint density at radius 1 is 1.00 bits per heavy atom. The maximum Gasteiger partial charge on any atom is 0.178 e. The highest BCUT2D eigenvalue weighted by Crippen LogP contribution is 2.23. The third kappa shape index (κ3) is 4.31. The summed E-state index contributed by atoms with van der Waals surface area (Å²) in [6.45, 7) is 6.35. The summed E-state index contributed by atoms with van der Waals surface area (Å²) >= 11 is 0. The van der Waals surface area contributed by atoms with Crippen LogP contribution in [0.1, 0.15) is 32.3 Å². The molecule has 0 unspecified atom stereocenters. The van der Waals surface area contributed by atoms with Gasteiger partial charge in [-0.3, -0.25) is 0 Å². The van der Waals surface area contributed by atoms with E-state index in [1.807, 2.05) is 12.1 Å². The first kappa shape index (κ1) is 18.2. The molecule has 1 atom stereocenters. The number of nitrogens with zero attached hydrogens (tertiary/aromatic N) is 1. The first-order chi connectivity index (χ1) is 12.0. The summed E-state index contributed by atoms with van der Waals surface area (Å²) in [5.41, 5.74) is 3.53. The molecule has 134 valence electrons. The van der Waals surface area contributed by atoms with Gasteiger partial charge in [-0.25, -0.2) is 8.42 Å². The molecule has 2 aromatic carbocycles. The third-order valence-corrected chi connectivity index (χ3v) is 7.01. The minimum absolute atomic E-state index is 0.136. The molecule has 1 aliphatic rings. The highest BCUT2D eigenvalue weighted by Gasteiger charge is 2.19. The molecule has 0 spiro atoms. The smallest absolute Gasteiger partial charge is 0.178 e. The molecule has 0 amide bonds. The Hall–Kier alpha value is -1.65. The van der Waals surface area contributed by atoms with Crippen molar-refractivity contribution in [3.63, 3.8) is 0 Å². The van der Waals surface area contributed by atoms with Crippen molar-refractivity contribution in [1.29, 1.82) is 0 Å². The second-order valence-electron chi connectivity index (χ2n) is 6.90. The molecule has 3 rings (SSSR count). The van der Waals surface area contributed by atoms with Crippen LogP contribution in [0.15, 0.2) is 53.4 Å². The Morgan fingerprint density at radius 2 is 1.60 bits per heavy atom. The van der Waals surface area contributed by atoms with Gasteiger partial charge in [-0.15, -0.1) is 0 Å². The highest BCUT2D eigenvalue weighted by atomic mass is 32.2. The predicted molar refractivity (Wildman–Crippen MR) is 104 cm³/mol. The van der Waals surface area contributed by atoms with E-state index < -0.39 is 9.84 Å². The molecule has 3 nitrogen and oxygen atoms in total. The van der Waals surface area contributed by atoms with Crippen molar-refractivity contribution in [3.8, 4) is 11.1 Å². The van der Waals surface area contributed by atoms with Crippen LogP contribution in [0.5, 0.6) is 0 Å². The SMILES string of the molecule is CCS(=O)(=O)c1ccc(-c2ccc(CCN3CCC[C@H]3C)cc2)cc1. The summed E-state index contributed by atoms with van der Waals surface area (Å²) in [5, 5.41) is 0. The van der Waals surface area contributed by atoms with E-state index in [1.165, 1.54) is 24.9 Å². The van der Waals surface area contributed by atoms with E-state index in [4.69, 9.17) is 0 Å². The van der Waals surface area contributed by atoms with Crippen LogP contribution < -0.4 is 0 Å². The Bertz CT molecular complexity index is 795. The van der Waals surface area contributed by atoms with Crippen molar-refractivity contribution in [2.45, 2.75) is 44.0 Å². The van der Waals surface area contributed by atoms with E-state index in [1.54, 1.807) is 19.1 Å². The minimum Gasteiger partial charge on any atom is -0.300 e. The molecular formula is C21H27NO2S. The normalized spacial score (nSPS) is 18.6. The Kier molecular flexibility index (Phi) is 5.60. The van der Waals surface area contributed by atoms with Crippen LogP contribution in [-0.4, -0.2) is 38.2 Å². The maximum atomic E-state index is 11.9. The third-order valence-electron chi connectivity index (χ3n) is 5.26. The summed E-state index contributed by atoms with van der Waals surface area (Å²) in [6.07, 6.45) is 3.73. The largest absolute Gasteiger partial charge is 0.300 e. The summed E-state index contributed by atoms with van der Waals surface area (Å²) in [6, 6.07) is 16.6. The Balaban J connectivity index is 1.66. The van der Waals surface area contributed by atoms with Gasteiger partial charge in [-0.1, -0.05) is 43.3 Å². The van der Waals surface area contributed by atoms with Gasteiger partial charge < -0.3 is 4.90 Å². The summed E-state index contributed by atoms with van der Waals surface area (Å²) in [7, 11) is -3.13. The summed E-state index contributed by atoms with van der Waals surface area (Å²) < 4.78 is 23.8. The van der Waals surface area contributed by atoms with E-state index in [0.29, 0.717) is 4.90 Å². The van der Waals surface area contributed by atoms with Crippen molar-refractivity contribution in [2.24, 2.45) is 0 Å². The molecule has 25 heavy (non-hydrogen) atoms. The summed E-state index contributed by atoms with van der Waals surface area (Å²) in [4.78, 5) is 2.97. The maximum absolute atomic E-state index is 11.9. The van der Waals surface area contributed by atoms with Gasteiger partial charge >= 0.3 is 0 Å². The monoisotopic (exact) mass is 357 g/mol. The highest BCUT2D eigenvalue weighted by molar-refractivity contribution is 7.91. The van der Waals surface area contributed by atoms with Crippen molar-refractivity contribution in [1.82, 2.24) is 4.90 Å². The first-order valence-electron chi connectivity index (χ1n) is 9.16. The van der Waals surface area contributed by atoms with Gasteiger partial charge in [0.2, 0.25) is 0 Å². The fraction of sp³-hybridized carbons (Fsp3) is 0.429. The molecule has 1 heterocycles. The van der Waals surface area contributed by atoms with Gasteiger partial charge in [-0.05, 0) is 61.6 Å². The van der Waals surface area contributed by atoms with Crippen molar-refractivity contribution < 1.29 is 8.42 Å². The lowest BCUT2D eigenvalue weighted by Gasteiger charge is -2.20. The van der Waals surface area contributed by atoms with E-state index >= 15 is 0 Å². The van der Waals surface area contributed by atoms with Gasteiger partial charge in [0.1, 0.15) is 0 Å². The van der Waals surface area contributed by atoms with Crippen LogP contribution >= 0.6 is 0 Å². The van der Waals surface area contributed by atoms with Gasteiger partial charge in [0.15, 0.2) is 9.84 Å². The van der Waals surface area contributed by atoms with Gasteiger partial charge in [0, 0.05) is 12.6 Å². The lowest BCUT2D eigenvalue weighted by Crippen LogP contribution is -2.28. The molecule has 0 aromatic heterocycles. The number of benzene rings is 2. The molecular weight excluding hydrogens is 330 g/mol. The van der Waals surface area contributed by atoms with Gasteiger partial charge in [0.25, 0.3) is 0 Å². The van der Waals surface area contributed by atoms with Crippen molar-refractivity contribution in [2.75, 3.05) is 18.8 Å². The molecule has 4 heteroatoms. The Morgan fingerprint density at radius 3 is 2.12 bits per heavy atom. The van der Waals surface area contributed by atoms with Crippen LogP contribution in [0.4, 0.5) is 0 Å². The first-order valence-corrected chi connectivity index (χ1v) is 10.8. The fourth-order valence-electron chi connectivity index (χ4n) is 3.48. The van der Waals surface area contributed by atoms with Gasteiger partial charge in [-0.2, -0.15) is 0 Å². The zero-order valence-electron chi connectivity index (χ0n) is 15.1.